The number of carbonyl (C=O) groups is 1. The number of hydrogen-bond acceptors (Lipinski definition) is 3. The number of nitrogens with zero attached hydrogens (tertiary/aromatic N) is 2. The Morgan fingerprint density at radius 1 is 1.07 bits per heavy atom. The predicted molar refractivity (Wildman–Crippen MR) is 112 cm³/mol. The zero-order valence-corrected chi connectivity index (χ0v) is 15.7. The molecular weight excluding hydrogens is 354 g/mol. The third-order valence-corrected chi connectivity index (χ3v) is 5.37. The molecule has 0 unspecified atom stereocenters. The van der Waals surface area contributed by atoms with Gasteiger partial charge >= 0.3 is 0 Å². The summed E-state index contributed by atoms with van der Waals surface area (Å²) in [4.78, 5) is 13.1. The van der Waals surface area contributed by atoms with Crippen molar-refractivity contribution < 1.29 is 4.79 Å². The Morgan fingerprint density at radius 3 is 2.63 bits per heavy atom. The van der Waals surface area contributed by atoms with Crippen molar-refractivity contribution in [1.82, 2.24) is 9.99 Å². The maximum absolute atomic E-state index is 12.1. The number of benzene rings is 2. The van der Waals surface area contributed by atoms with Gasteiger partial charge in [0, 0.05) is 28.4 Å². The summed E-state index contributed by atoms with van der Waals surface area (Å²) in [6.07, 6.45) is 2.09. The van der Waals surface area contributed by atoms with Crippen LogP contribution in [0.4, 0.5) is 0 Å². The molecule has 4 rings (SSSR count). The van der Waals surface area contributed by atoms with Gasteiger partial charge in [0.2, 0.25) is 5.91 Å². The summed E-state index contributed by atoms with van der Waals surface area (Å²) in [5.74, 6) is -0.116. The minimum Gasteiger partial charge on any atom is -0.343 e. The largest absolute Gasteiger partial charge is 0.343 e. The maximum Gasteiger partial charge on any atom is 0.245 e. The average Bonchev–Trinajstić information content (AvgIpc) is 3.29. The number of nitrogens with one attached hydrogen (secondary N) is 1. The Morgan fingerprint density at radius 2 is 1.85 bits per heavy atom. The van der Waals surface area contributed by atoms with Crippen molar-refractivity contribution in [3.05, 3.63) is 82.6 Å². The number of rotatable bonds is 5. The maximum atomic E-state index is 12.1. The second-order valence-corrected chi connectivity index (χ2v) is 7.29. The van der Waals surface area contributed by atoms with Gasteiger partial charge in [0.05, 0.1) is 18.3 Å². The van der Waals surface area contributed by atoms with Crippen LogP contribution >= 0.6 is 11.3 Å². The van der Waals surface area contributed by atoms with E-state index in [0.29, 0.717) is 6.42 Å². The lowest BCUT2D eigenvalue weighted by molar-refractivity contribution is -0.120. The number of thiophene rings is 1. The van der Waals surface area contributed by atoms with Crippen molar-refractivity contribution in [2.24, 2.45) is 12.1 Å². The lowest BCUT2D eigenvalue weighted by atomic mass is 10.1. The molecule has 134 valence electrons. The fraction of sp³-hybridized carbons (Fsp3) is 0.0909. The molecule has 1 amide bonds. The molecule has 1 N–H and O–H groups in total. The highest BCUT2D eigenvalue weighted by molar-refractivity contribution is 7.10. The van der Waals surface area contributed by atoms with Crippen LogP contribution in [-0.4, -0.2) is 16.7 Å². The summed E-state index contributed by atoms with van der Waals surface area (Å²) < 4.78 is 2.17. The van der Waals surface area contributed by atoms with Gasteiger partial charge in [-0.05, 0) is 23.1 Å². The summed E-state index contributed by atoms with van der Waals surface area (Å²) in [5, 5.41) is 7.31. The molecule has 0 aliphatic heterocycles. The zero-order chi connectivity index (χ0) is 18.6. The molecule has 0 radical (unpaired) electrons. The molecule has 4 aromatic rings. The Balaban J connectivity index is 1.67. The third-order valence-electron chi connectivity index (χ3n) is 4.49. The molecule has 0 fully saturated rings. The van der Waals surface area contributed by atoms with Gasteiger partial charge in [0.25, 0.3) is 0 Å². The lowest BCUT2D eigenvalue weighted by Gasteiger charge is -2.06. The van der Waals surface area contributed by atoms with Crippen LogP contribution < -0.4 is 5.43 Å². The quantitative estimate of drug-likeness (QED) is 0.403. The number of hydrogen-bond donors (Lipinski definition) is 1. The molecular formula is C22H19N3OS. The van der Waals surface area contributed by atoms with Crippen molar-refractivity contribution in [1.29, 1.82) is 0 Å². The van der Waals surface area contributed by atoms with Crippen LogP contribution in [0.2, 0.25) is 0 Å². The van der Waals surface area contributed by atoms with Gasteiger partial charge in [-0.25, -0.2) is 5.43 Å². The summed E-state index contributed by atoms with van der Waals surface area (Å²) in [5.41, 5.74) is 6.96. The Labute approximate surface area is 161 Å². The van der Waals surface area contributed by atoms with Gasteiger partial charge in [-0.1, -0.05) is 54.6 Å². The van der Waals surface area contributed by atoms with Gasteiger partial charge in [-0.2, -0.15) is 5.10 Å². The Hall–Kier alpha value is -3.18. The van der Waals surface area contributed by atoms with Crippen LogP contribution in [0, 0.1) is 0 Å². The average molecular weight is 373 g/mol. The van der Waals surface area contributed by atoms with Gasteiger partial charge in [-0.15, -0.1) is 11.3 Å². The molecule has 0 saturated carbocycles. The van der Waals surface area contributed by atoms with Gasteiger partial charge in [0.15, 0.2) is 0 Å². The monoisotopic (exact) mass is 373 g/mol. The van der Waals surface area contributed by atoms with Crippen molar-refractivity contribution in [3.8, 4) is 11.3 Å². The van der Waals surface area contributed by atoms with Crippen molar-refractivity contribution in [3.63, 3.8) is 0 Å². The minimum absolute atomic E-state index is 0.116. The number of aromatic nitrogens is 1. The first-order valence-corrected chi connectivity index (χ1v) is 9.59. The second-order valence-electron chi connectivity index (χ2n) is 6.25. The van der Waals surface area contributed by atoms with E-state index in [-0.39, 0.29) is 5.91 Å². The SMILES string of the molecule is Cn1c(-c2ccccc2)c(/C=N/NC(=O)Cc2cccs2)c2ccccc21. The van der Waals surface area contributed by atoms with Crippen LogP contribution in [-0.2, 0) is 18.3 Å². The number of hydrazone groups is 1. The smallest absolute Gasteiger partial charge is 0.245 e. The highest BCUT2D eigenvalue weighted by Crippen LogP contribution is 2.31. The first-order chi connectivity index (χ1) is 13.2. The van der Waals surface area contributed by atoms with Crippen LogP contribution in [0.3, 0.4) is 0 Å². The number of amides is 1. The van der Waals surface area contributed by atoms with E-state index in [2.05, 4.69) is 46.4 Å². The zero-order valence-electron chi connectivity index (χ0n) is 14.9. The van der Waals surface area contributed by atoms with Crippen molar-refractivity contribution in [2.75, 3.05) is 0 Å². The van der Waals surface area contributed by atoms with Gasteiger partial charge in [-0.3, -0.25) is 4.79 Å². The molecule has 5 heteroatoms. The van der Waals surface area contributed by atoms with E-state index in [1.807, 2.05) is 47.8 Å². The fourth-order valence-electron chi connectivity index (χ4n) is 3.28. The van der Waals surface area contributed by atoms with Crippen molar-refractivity contribution >= 4 is 34.4 Å². The predicted octanol–water partition coefficient (Wildman–Crippen LogP) is 4.60. The third kappa shape index (κ3) is 3.55. The number of fused-ring (bicyclic) bond motifs is 1. The van der Waals surface area contributed by atoms with E-state index in [4.69, 9.17) is 0 Å². The summed E-state index contributed by atoms with van der Waals surface area (Å²) in [6, 6.07) is 22.3. The molecule has 2 aromatic carbocycles. The molecule has 0 aliphatic rings. The fourth-order valence-corrected chi connectivity index (χ4v) is 3.98. The van der Waals surface area contributed by atoms with E-state index in [1.165, 1.54) is 0 Å². The lowest BCUT2D eigenvalue weighted by Crippen LogP contribution is -2.19. The standard InChI is InChI=1S/C22H19N3OS/c1-25-20-12-6-5-11-18(20)19(22(25)16-8-3-2-4-9-16)15-23-24-21(26)14-17-10-7-13-27-17/h2-13,15H,14H2,1H3,(H,24,26)/b23-15+. The molecule has 0 aliphatic carbocycles. The van der Waals surface area contributed by atoms with E-state index in [9.17, 15) is 4.79 Å². The van der Waals surface area contributed by atoms with Crippen LogP contribution in [0.1, 0.15) is 10.4 Å². The second kappa shape index (κ2) is 7.60. The molecule has 0 spiro atoms. The van der Waals surface area contributed by atoms with E-state index in [0.717, 1.165) is 32.6 Å². The summed E-state index contributed by atoms with van der Waals surface area (Å²) in [6.45, 7) is 0. The summed E-state index contributed by atoms with van der Waals surface area (Å²) in [7, 11) is 2.05. The van der Waals surface area contributed by atoms with Gasteiger partial charge in [0.1, 0.15) is 0 Å². The first kappa shape index (κ1) is 17.2. The molecule has 2 heterocycles. The Kier molecular flexibility index (Phi) is 4.85. The van der Waals surface area contributed by atoms with Crippen LogP contribution in [0.25, 0.3) is 22.2 Å². The number of para-hydroxylation sites is 1. The molecule has 4 nitrogen and oxygen atoms in total. The normalized spacial score (nSPS) is 11.3. The van der Waals surface area contributed by atoms with Crippen LogP contribution in [0.15, 0.2) is 77.2 Å². The molecule has 0 bridgehead atoms. The van der Waals surface area contributed by atoms with E-state index >= 15 is 0 Å². The topological polar surface area (TPSA) is 46.4 Å². The first-order valence-electron chi connectivity index (χ1n) is 8.71. The number of carbonyl (C=O) groups excluding carboxylic acids is 1. The van der Waals surface area contributed by atoms with E-state index in [1.54, 1.807) is 17.6 Å². The summed E-state index contributed by atoms with van der Waals surface area (Å²) >= 11 is 1.57. The highest BCUT2D eigenvalue weighted by Gasteiger charge is 2.15. The Bertz CT molecular complexity index is 1100. The minimum atomic E-state index is -0.116. The van der Waals surface area contributed by atoms with Crippen molar-refractivity contribution in [2.45, 2.75) is 6.42 Å². The molecule has 0 atom stereocenters. The van der Waals surface area contributed by atoms with Crippen LogP contribution in [0.5, 0.6) is 0 Å². The molecule has 0 saturated heterocycles. The highest BCUT2D eigenvalue weighted by atomic mass is 32.1. The van der Waals surface area contributed by atoms with Gasteiger partial charge < -0.3 is 4.57 Å². The molecule has 27 heavy (non-hydrogen) atoms. The van der Waals surface area contributed by atoms with E-state index < -0.39 is 0 Å². The number of aryl methyl sites for hydroxylation is 1. The molecule has 2 aromatic heterocycles.